The van der Waals surface area contributed by atoms with E-state index in [1.807, 2.05) is 30.5 Å². The summed E-state index contributed by atoms with van der Waals surface area (Å²) in [7, 11) is 0. The molecule has 0 radical (unpaired) electrons. The van der Waals surface area contributed by atoms with Crippen LogP contribution in [0.15, 0.2) is 29.2 Å². The van der Waals surface area contributed by atoms with Gasteiger partial charge in [-0.05, 0) is 18.4 Å². The Morgan fingerprint density at radius 1 is 1.33 bits per heavy atom. The predicted molar refractivity (Wildman–Crippen MR) is 72.6 cm³/mol. The van der Waals surface area contributed by atoms with Crippen molar-refractivity contribution in [1.82, 2.24) is 0 Å². The Kier molecular flexibility index (Phi) is 5.71. The topological polar surface area (TPSA) is 55.4 Å². The molecule has 18 heavy (non-hydrogen) atoms. The molecule has 0 fully saturated rings. The smallest absolute Gasteiger partial charge is 0.308 e. The highest BCUT2D eigenvalue weighted by atomic mass is 32.2. The van der Waals surface area contributed by atoms with Gasteiger partial charge in [0.25, 0.3) is 5.91 Å². The quantitative estimate of drug-likeness (QED) is 0.658. The van der Waals surface area contributed by atoms with E-state index in [0.717, 1.165) is 10.6 Å². The lowest BCUT2D eigenvalue weighted by Crippen LogP contribution is -2.23. The number of carbonyl (C=O) groups is 2. The van der Waals surface area contributed by atoms with E-state index in [1.54, 1.807) is 25.6 Å². The van der Waals surface area contributed by atoms with Gasteiger partial charge in [-0.25, -0.2) is 0 Å². The summed E-state index contributed by atoms with van der Waals surface area (Å²) in [5.41, 5.74) is 0.732. The first-order chi connectivity index (χ1) is 8.54. The van der Waals surface area contributed by atoms with E-state index >= 15 is 0 Å². The number of rotatable bonds is 5. The molecule has 98 valence electrons. The van der Waals surface area contributed by atoms with E-state index < -0.39 is 0 Å². The van der Waals surface area contributed by atoms with Crippen LogP contribution in [0.4, 0.5) is 5.69 Å². The summed E-state index contributed by atoms with van der Waals surface area (Å²) in [5, 5.41) is 2.72. The Bertz CT molecular complexity index is 432. The molecular weight excluding hydrogens is 250 g/mol. The largest absolute Gasteiger partial charge is 0.455 e. The minimum absolute atomic E-state index is 0.226. The van der Waals surface area contributed by atoms with Gasteiger partial charge in [-0.15, -0.1) is 11.8 Å². The van der Waals surface area contributed by atoms with E-state index in [9.17, 15) is 9.59 Å². The molecule has 0 aliphatic carbocycles. The second-order valence-electron chi connectivity index (χ2n) is 4.01. The molecule has 0 saturated carbocycles. The Hall–Kier alpha value is -1.49. The summed E-state index contributed by atoms with van der Waals surface area (Å²) < 4.78 is 4.85. The van der Waals surface area contributed by atoms with Crippen LogP contribution < -0.4 is 5.32 Å². The van der Waals surface area contributed by atoms with Crippen LogP contribution in [-0.4, -0.2) is 24.7 Å². The fraction of sp³-hybridized carbons (Fsp3) is 0.385. The van der Waals surface area contributed by atoms with Crippen molar-refractivity contribution >= 4 is 29.3 Å². The maximum atomic E-state index is 11.6. The second kappa shape index (κ2) is 7.06. The average molecular weight is 267 g/mol. The average Bonchev–Trinajstić information content (AvgIpc) is 2.36. The molecule has 1 aromatic rings. The van der Waals surface area contributed by atoms with Gasteiger partial charge in [0, 0.05) is 4.90 Å². The van der Waals surface area contributed by atoms with E-state index in [2.05, 4.69) is 5.32 Å². The molecule has 0 atom stereocenters. The molecule has 0 aromatic heterocycles. The normalized spacial score (nSPS) is 10.2. The first-order valence-electron chi connectivity index (χ1n) is 5.64. The lowest BCUT2D eigenvalue weighted by Gasteiger charge is -2.10. The third-order valence-electron chi connectivity index (χ3n) is 2.20. The maximum absolute atomic E-state index is 11.6. The van der Waals surface area contributed by atoms with Crippen LogP contribution in [0.1, 0.15) is 13.8 Å². The number of thioether (sulfide) groups is 1. The Morgan fingerprint density at radius 2 is 2.00 bits per heavy atom. The minimum Gasteiger partial charge on any atom is -0.455 e. The van der Waals surface area contributed by atoms with Crippen molar-refractivity contribution in [2.45, 2.75) is 18.7 Å². The van der Waals surface area contributed by atoms with Crippen molar-refractivity contribution in [2.75, 3.05) is 18.2 Å². The van der Waals surface area contributed by atoms with Crippen LogP contribution in [0.5, 0.6) is 0 Å². The van der Waals surface area contributed by atoms with Crippen LogP contribution >= 0.6 is 11.8 Å². The van der Waals surface area contributed by atoms with Crippen LogP contribution in [0.2, 0.25) is 0 Å². The van der Waals surface area contributed by atoms with Crippen LogP contribution in [0, 0.1) is 5.92 Å². The van der Waals surface area contributed by atoms with E-state index in [-0.39, 0.29) is 24.4 Å². The number of esters is 1. The number of para-hydroxylation sites is 1. The number of hydrogen-bond acceptors (Lipinski definition) is 4. The monoisotopic (exact) mass is 267 g/mol. The highest BCUT2D eigenvalue weighted by Gasteiger charge is 2.12. The molecule has 1 amide bonds. The Labute approximate surface area is 111 Å². The summed E-state index contributed by atoms with van der Waals surface area (Å²) in [6.07, 6.45) is 1.93. The zero-order valence-electron chi connectivity index (χ0n) is 10.7. The zero-order valence-corrected chi connectivity index (χ0v) is 11.5. The number of nitrogens with one attached hydrogen (secondary N) is 1. The van der Waals surface area contributed by atoms with Gasteiger partial charge < -0.3 is 10.1 Å². The fourth-order valence-electron chi connectivity index (χ4n) is 1.24. The van der Waals surface area contributed by atoms with Crippen molar-refractivity contribution in [3.63, 3.8) is 0 Å². The molecule has 1 rings (SSSR count). The minimum atomic E-state index is -0.372. The zero-order chi connectivity index (χ0) is 13.5. The molecule has 0 bridgehead atoms. The highest BCUT2D eigenvalue weighted by Crippen LogP contribution is 2.24. The number of carbonyl (C=O) groups excluding carboxylic acids is 2. The number of anilines is 1. The van der Waals surface area contributed by atoms with Gasteiger partial charge >= 0.3 is 5.97 Å². The van der Waals surface area contributed by atoms with Crippen molar-refractivity contribution < 1.29 is 14.3 Å². The molecule has 1 aromatic carbocycles. The van der Waals surface area contributed by atoms with Crippen LogP contribution in [-0.2, 0) is 14.3 Å². The number of amides is 1. The van der Waals surface area contributed by atoms with Gasteiger partial charge in [0.1, 0.15) is 0 Å². The predicted octanol–water partition coefficient (Wildman–Crippen LogP) is 2.55. The van der Waals surface area contributed by atoms with Crippen LogP contribution in [0.25, 0.3) is 0 Å². The first kappa shape index (κ1) is 14.6. The van der Waals surface area contributed by atoms with Crippen molar-refractivity contribution in [3.05, 3.63) is 24.3 Å². The third-order valence-corrected chi connectivity index (χ3v) is 2.99. The fourth-order valence-corrected chi connectivity index (χ4v) is 1.79. The number of hydrogen-bond donors (Lipinski definition) is 1. The molecule has 1 N–H and O–H groups in total. The maximum Gasteiger partial charge on any atom is 0.308 e. The Balaban J connectivity index is 2.52. The van der Waals surface area contributed by atoms with Gasteiger partial charge in [0.15, 0.2) is 6.61 Å². The molecule has 5 heteroatoms. The van der Waals surface area contributed by atoms with Gasteiger partial charge in [0.05, 0.1) is 11.6 Å². The molecular formula is C13H17NO3S. The highest BCUT2D eigenvalue weighted by molar-refractivity contribution is 7.98. The SMILES string of the molecule is CSc1ccccc1NC(=O)COC(=O)C(C)C. The van der Waals surface area contributed by atoms with Crippen molar-refractivity contribution in [3.8, 4) is 0 Å². The molecule has 0 saturated heterocycles. The van der Waals surface area contributed by atoms with E-state index in [1.165, 1.54) is 0 Å². The van der Waals surface area contributed by atoms with Gasteiger partial charge in [0.2, 0.25) is 0 Å². The van der Waals surface area contributed by atoms with Crippen molar-refractivity contribution in [2.24, 2.45) is 5.92 Å². The standard InChI is InChI=1S/C13H17NO3S/c1-9(2)13(16)17-8-12(15)14-10-6-4-5-7-11(10)18-3/h4-7,9H,8H2,1-3H3,(H,14,15). The number of ether oxygens (including phenoxy) is 1. The number of benzene rings is 1. The molecule has 4 nitrogen and oxygen atoms in total. The molecule has 0 spiro atoms. The van der Waals surface area contributed by atoms with Gasteiger partial charge in [-0.1, -0.05) is 26.0 Å². The van der Waals surface area contributed by atoms with Crippen molar-refractivity contribution in [1.29, 1.82) is 0 Å². The summed E-state index contributed by atoms with van der Waals surface area (Å²) in [6.45, 7) is 3.20. The summed E-state index contributed by atoms with van der Waals surface area (Å²) in [6, 6.07) is 7.48. The lowest BCUT2D eigenvalue weighted by molar-refractivity contribution is -0.150. The second-order valence-corrected chi connectivity index (χ2v) is 4.86. The van der Waals surface area contributed by atoms with Gasteiger partial charge in [-0.3, -0.25) is 9.59 Å². The van der Waals surface area contributed by atoms with E-state index in [4.69, 9.17) is 4.74 Å². The molecule has 0 aliphatic rings. The Morgan fingerprint density at radius 3 is 2.61 bits per heavy atom. The summed E-state index contributed by atoms with van der Waals surface area (Å²) >= 11 is 1.54. The third kappa shape index (κ3) is 4.41. The van der Waals surface area contributed by atoms with E-state index in [0.29, 0.717) is 0 Å². The van der Waals surface area contributed by atoms with Gasteiger partial charge in [-0.2, -0.15) is 0 Å². The lowest BCUT2D eigenvalue weighted by atomic mass is 10.2. The first-order valence-corrected chi connectivity index (χ1v) is 6.86. The summed E-state index contributed by atoms with van der Waals surface area (Å²) in [5.74, 6) is -0.926. The summed E-state index contributed by atoms with van der Waals surface area (Å²) in [4.78, 5) is 23.8. The molecule has 0 unspecified atom stereocenters. The molecule has 0 heterocycles. The molecule has 0 aliphatic heterocycles. The van der Waals surface area contributed by atoms with Crippen LogP contribution in [0.3, 0.4) is 0 Å².